The van der Waals surface area contributed by atoms with Crippen LogP contribution in [0.1, 0.15) is 35.6 Å². The van der Waals surface area contributed by atoms with Gasteiger partial charge in [-0.05, 0) is 32.4 Å². The molecule has 3 rings (SSSR count). The monoisotopic (exact) mass is 473 g/mol. The number of carbonyl (C=O) groups excluding carboxylic acids is 2. The highest BCUT2D eigenvalue weighted by molar-refractivity contribution is 8.00. The van der Waals surface area contributed by atoms with Crippen molar-refractivity contribution < 1.29 is 14.3 Å². The van der Waals surface area contributed by atoms with E-state index in [9.17, 15) is 14.4 Å². The van der Waals surface area contributed by atoms with Gasteiger partial charge in [-0.2, -0.15) is 4.98 Å². The van der Waals surface area contributed by atoms with E-state index in [0.717, 1.165) is 28.8 Å². The van der Waals surface area contributed by atoms with Gasteiger partial charge in [0.2, 0.25) is 5.91 Å². The van der Waals surface area contributed by atoms with Gasteiger partial charge in [-0.1, -0.05) is 48.2 Å². The molecule has 168 valence electrons. The third-order valence-corrected chi connectivity index (χ3v) is 6.71. The summed E-state index contributed by atoms with van der Waals surface area (Å²) in [5, 5.41) is 2.79. The maximum Gasteiger partial charge on any atom is 0.350 e. The number of ether oxygens (including phenoxy) is 1. The zero-order valence-corrected chi connectivity index (χ0v) is 19.5. The number of rotatable bonds is 8. The van der Waals surface area contributed by atoms with Gasteiger partial charge >= 0.3 is 5.97 Å². The summed E-state index contributed by atoms with van der Waals surface area (Å²) in [6.07, 6.45) is 0.463. The van der Waals surface area contributed by atoms with Crippen LogP contribution < -0.4 is 16.6 Å². The van der Waals surface area contributed by atoms with E-state index in [2.05, 4.69) is 15.3 Å². The summed E-state index contributed by atoms with van der Waals surface area (Å²) in [5.41, 5.74) is 6.83. The molecule has 3 N–H and O–H groups in total. The van der Waals surface area contributed by atoms with Gasteiger partial charge in [0.1, 0.15) is 10.7 Å². The van der Waals surface area contributed by atoms with Crippen molar-refractivity contribution >= 4 is 45.9 Å². The summed E-state index contributed by atoms with van der Waals surface area (Å²) in [4.78, 5) is 45.7. The zero-order chi connectivity index (χ0) is 23.3. The lowest BCUT2D eigenvalue weighted by Gasteiger charge is -2.18. The van der Waals surface area contributed by atoms with Crippen molar-refractivity contribution in [1.82, 2.24) is 14.5 Å². The molecule has 0 radical (unpaired) electrons. The van der Waals surface area contributed by atoms with Crippen molar-refractivity contribution in [3.8, 4) is 5.69 Å². The Balaban J connectivity index is 1.85. The molecule has 0 spiro atoms. The first-order chi connectivity index (χ1) is 15.3. The number of nitrogens with two attached hydrogens (primary N) is 1. The number of hydrogen-bond acceptors (Lipinski definition) is 9. The van der Waals surface area contributed by atoms with Crippen LogP contribution in [0.2, 0.25) is 0 Å². The molecule has 0 saturated heterocycles. The van der Waals surface area contributed by atoms with Crippen LogP contribution in [0.15, 0.2) is 46.3 Å². The van der Waals surface area contributed by atoms with Crippen LogP contribution in [0.5, 0.6) is 0 Å². The van der Waals surface area contributed by atoms with Gasteiger partial charge in [-0.25, -0.2) is 9.78 Å². The first kappa shape index (κ1) is 23.5. The molecule has 1 amide bonds. The van der Waals surface area contributed by atoms with Crippen LogP contribution >= 0.6 is 23.1 Å². The molecule has 0 unspecified atom stereocenters. The summed E-state index contributed by atoms with van der Waals surface area (Å²) in [6, 6.07) is 10.5. The molecular formula is C21H23N5O4S2. The number of esters is 1. The molecule has 0 aliphatic rings. The molecule has 2 aromatic heterocycles. The summed E-state index contributed by atoms with van der Waals surface area (Å²) in [5.74, 6) is -0.568. The molecule has 1 aromatic carbocycles. The van der Waals surface area contributed by atoms with Crippen LogP contribution in [0.3, 0.4) is 0 Å². The average Bonchev–Trinajstić information content (AvgIpc) is 3.12. The fraction of sp³-hybridized carbons (Fsp3) is 0.286. The second-order valence-corrected chi connectivity index (χ2v) is 8.80. The fourth-order valence-electron chi connectivity index (χ4n) is 2.86. The van der Waals surface area contributed by atoms with E-state index < -0.39 is 16.8 Å². The molecule has 3 aromatic rings. The van der Waals surface area contributed by atoms with Gasteiger partial charge in [0.25, 0.3) is 5.56 Å². The minimum Gasteiger partial charge on any atom is -0.462 e. The molecule has 0 saturated carbocycles. The molecule has 0 fully saturated rings. The summed E-state index contributed by atoms with van der Waals surface area (Å²) < 4.78 is 6.65. The van der Waals surface area contributed by atoms with E-state index in [4.69, 9.17) is 10.5 Å². The van der Waals surface area contributed by atoms with E-state index in [1.807, 2.05) is 37.3 Å². The molecule has 11 heteroatoms. The molecule has 0 aliphatic carbocycles. The van der Waals surface area contributed by atoms with Gasteiger partial charge < -0.3 is 15.8 Å². The zero-order valence-electron chi connectivity index (χ0n) is 17.8. The average molecular weight is 474 g/mol. The first-order valence-corrected chi connectivity index (χ1v) is 11.6. The Morgan fingerprint density at radius 2 is 1.97 bits per heavy atom. The third-order valence-electron chi connectivity index (χ3n) is 4.34. The number of nitrogen functional groups attached to an aromatic ring is 1. The van der Waals surface area contributed by atoms with Crippen molar-refractivity contribution in [3.05, 3.63) is 57.3 Å². The number of amides is 1. The van der Waals surface area contributed by atoms with Crippen molar-refractivity contribution in [2.75, 3.05) is 17.7 Å². The Hall–Kier alpha value is -3.18. The highest BCUT2D eigenvalue weighted by Gasteiger charge is 2.24. The summed E-state index contributed by atoms with van der Waals surface area (Å²) in [7, 11) is 0. The van der Waals surface area contributed by atoms with Gasteiger partial charge in [0, 0.05) is 11.8 Å². The number of benzene rings is 1. The standard InChI is InChI=1S/C21H23N5O4S2/c1-4-14(18(28)25-20-23-12(3)17(32-20)19(29)30-5-2)31-21-24-16(27)11-15(22)26(21)13-9-7-6-8-10-13/h6-11,14H,4-5,22H2,1-3H3,(H,23,25,28)/t14-/m1/s1. The number of hydrogen-bond donors (Lipinski definition) is 2. The lowest BCUT2D eigenvalue weighted by molar-refractivity contribution is -0.115. The molecule has 1 atom stereocenters. The van der Waals surface area contributed by atoms with E-state index in [0.29, 0.717) is 27.3 Å². The SMILES string of the molecule is CCOC(=O)c1sc(NC(=O)[C@@H](CC)Sc2nc(=O)cc(N)n2-c2ccccc2)nc1C. The number of carbonyl (C=O) groups is 2. The first-order valence-electron chi connectivity index (χ1n) is 9.91. The predicted molar refractivity (Wildman–Crippen MR) is 126 cm³/mol. The van der Waals surface area contributed by atoms with Crippen LogP contribution in [0.4, 0.5) is 10.9 Å². The molecule has 2 heterocycles. The van der Waals surface area contributed by atoms with Gasteiger partial charge in [0.15, 0.2) is 10.3 Å². The number of aryl methyl sites for hydroxylation is 1. The van der Waals surface area contributed by atoms with E-state index in [1.165, 1.54) is 6.07 Å². The van der Waals surface area contributed by atoms with Gasteiger partial charge in [0.05, 0.1) is 17.6 Å². The minimum absolute atomic E-state index is 0.226. The van der Waals surface area contributed by atoms with Crippen LogP contribution in [0, 0.1) is 6.92 Å². The second-order valence-electron chi connectivity index (χ2n) is 6.63. The van der Waals surface area contributed by atoms with Crippen LogP contribution in [0.25, 0.3) is 5.69 Å². The largest absolute Gasteiger partial charge is 0.462 e. The van der Waals surface area contributed by atoms with Crippen LogP contribution in [-0.4, -0.2) is 38.3 Å². The normalized spacial score (nSPS) is 11.7. The topological polar surface area (TPSA) is 129 Å². The number of thioether (sulfide) groups is 1. The lowest BCUT2D eigenvalue weighted by atomic mass is 10.3. The smallest absolute Gasteiger partial charge is 0.350 e. The molecular weight excluding hydrogens is 450 g/mol. The highest BCUT2D eigenvalue weighted by atomic mass is 32.2. The summed E-state index contributed by atoms with van der Waals surface area (Å²) >= 11 is 2.19. The van der Waals surface area contributed by atoms with Crippen molar-refractivity contribution in [3.63, 3.8) is 0 Å². The Morgan fingerprint density at radius 3 is 2.62 bits per heavy atom. The summed E-state index contributed by atoms with van der Waals surface area (Å²) in [6.45, 7) is 5.51. The quantitative estimate of drug-likeness (QED) is 0.290. The lowest BCUT2D eigenvalue weighted by Crippen LogP contribution is -2.26. The van der Waals surface area contributed by atoms with Crippen LogP contribution in [-0.2, 0) is 9.53 Å². The third kappa shape index (κ3) is 5.35. The molecule has 32 heavy (non-hydrogen) atoms. The van der Waals surface area contributed by atoms with Crippen molar-refractivity contribution in [1.29, 1.82) is 0 Å². The van der Waals surface area contributed by atoms with Gasteiger partial charge in [-0.3, -0.25) is 14.2 Å². The number of anilines is 2. The Labute approximate surface area is 193 Å². The molecule has 9 nitrogen and oxygen atoms in total. The second kappa shape index (κ2) is 10.4. The number of nitrogens with zero attached hydrogens (tertiary/aromatic N) is 3. The molecule has 0 aliphatic heterocycles. The number of thiazole rings is 1. The minimum atomic E-state index is -0.575. The highest BCUT2D eigenvalue weighted by Crippen LogP contribution is 2.29. The van der Waals surface area contributed by atoms with Crippen molar-refractivity contribution in [2.45, 2.75) is 37.6 Å². The van der Waals surface area contributed by atoms with E-state index in [-0.39, 0.29) is 18.3 Å². The van der Waals surface area contributed by atoms with E-state index in [1.54, 1.807) is 18.4 Å². The van der Waals surface area contributed by atoms with Gasteiger partial charge in [-0.15, -0.1) is 0 Å². The number of nitrogens with one attached hydrogen (secondary N) is 1. The van der Waals surface area contributed by atoms with Crippen molar-refractivity contribution in [2.24, 2.45) is 0 Å². The Morgan fingerprint density at radius 1 is 1.25 bits per heavy atom. The maximum atomic E-state index is 13.0. The molecule has 0 bridgehead atoms. The Kier molecular flexibility index (Phi) is 7.65. The fourth-order valence-corrected chi connectivity index (χ4v) is 4.77. The van der Waals surface area contributed by atoms with E-state index >= 15 is 0 Å². The predicted octanol–water partition coefficient (Wildman–Crippen LogP) is 3.27. The number of aromatic nitrogens is 3. The maximum absolute atomic E-state index is 13.0. The number of para-hydroxylation sites is 1. The Bertz CT molecular complexity index is 1180.